The highest BCUT2D eigenvalue weighted by Crippen LogP contribution is 2.49. The van der Waals surface area contributed by atoms with Crippen LogP contribution >= 0.6 is 23.5 Å². The van der Waals surface area contributed by atoms with E-state index in [4.69, 9.17) is 4.98 Å². The van der Waals surface area contributed by atoms with Gasteiger partial charge >= 0.3 is 0 Å². The van der Waals surface area contributed by atoms with Crippen molar-refractivity contribution in [3.8, 4) is 6.07 Å². The molecule has 5 rings (SSSR count). The smallest absolute Gasteiger partial charge is 0.245 e. The van der Waals surface area contributed by atoms with Crippen LogP contribution in [0.2, 0.25) is 0 Å². The molecule has 0 fully saturated rings. The molecule has 6 heteroatoms. The number of fused-ring (bicyclic) bond motifs is 3. The molecule has 4 nitrogen and oxygen atoms in total. The van der Waals surface area contributed by atoms with Gasteiger partial charge in [0.05, 0.1) is 22.2 Å². The van der Waals surface area contributed by atoms with Gasteiger partial charge in [-0.3, -0.25) is 9.69 Å². The number of thioether (sulfide) groups is 1. The Kier molecular flexibility index (Phi) is 6.18. The lowest BCUT2D eigenvalue weighted by Gasteiger charge is -2.33. The number of hydrogen-bond donors (Lipinski definition) is 0. The maximum atomic E-state index is 14.0. The van der Waals surface area contributed by atoms with Crippen LogP contribution in [0.25, 0.3) is 0 Å². The fourth-order valence-corrected chi connectivity index (χ4v) is 6.62. The van der Waals surface area contributed by atoms with E-state index in [2.05, 4.69) is 25.1 Å². The number of nitrogens with zero attached hydrogens (tertiary/aromatic N) is 3. The number of rotatable bonds is 4. The predicted molar refractivity (Wildman–Crippen MR) is 134 cm³/mol. The van der Waals surface area contributed by atoms with Gasteiger partial charge in [-0.1, -0.05) is 61.6 Å². The van der Waals surface area contributed by atoms with Crippen molar-refractivity contribution in [1.29, 1.82) is 5.26 Å². The van der Waals surface area contributed by atoms with Crippen molar-refractivity contribution in [2.45, 2.75) is 59.6 Å². The van der Waals surface area contributed by atoms with Crippen molar-refractivity contribution >= 4 is 40.8 Å². The average Bonchev–Trinajstić information content (AvgIpc) is 2.84. The average molecular weight is 472 g/mol. The van der Waals surface area contributed by atoms with Crippen LogP contribution in [-0.2, 0) is 17.6 Å². The van der Waals surface area contributed by atoms with E-state index in [1.807, 2.05) is 54.3 Å². The number of anilines is 2. The molecule has 2 aromatic carbocycles. The van der Waals surface area contributed by atoms with Crippen molar-refractivity contribution in [2.24, 2.45) is 5.92 Å². The number of aromatic nitrogens is 1. The molecule has 0 saturated heterocycles. The van der Waals surface area contributed by atoms with Crippen molar-refractivity contribution in [2.75, 3.05) is 4.90 Å². The molecule has 1 aromatic heterocycles. The zero-order valence-electron chi connectivity index (χ0n) is 18.7. The summed E-state index contributed by atoms with van der Waals surface area (Å²) < 4.78 is 0. The predicted octanol–water partition coefficient (Wildman–Crippen LogP) is 6.78. The highest BCUT2D eigenvalue weighted by Gasteiger charge is 2.33. The molecule has 2 aliphatic rings. The largest absolute Gasteiger partial charge is 0.278 e. The summed E-state index contributed by atoms with van der Waals surface area (Å²) in [5, 5.41) is 10.2. The monoisotopic (exact) mass is 471 g/mol. The third-order valence-electron chi connectivity index (χ3n) is 6.27. The molecule has 1 aliphatic carbocycles. The minimum Gasteiger partial charge on any atom is -0.278 e. The molecule has 0 radical (unpaired) electrons. The Hall–Kier alpha value is -2.75. The summed E-state index contributed by atoms with van der Waals surface area (Å²) in [5.41, 5.74) is 4.68. The Morgan fingerprint density at radius 2 is 1.88 bits per heavy atom. The minimum atomic E-state index is -0.339. The van der Waals surface area contributed by atoms with Crippen LogP contribution in [0.3, 0.4) is 0 Å². The summed E-state index contributed by atoms with van der Waals surface area (Å²) in [7, 11) is 0. The Balaban J connectivity index is 1.50. The number of carbonyl (C=O) groups excluding carboxylic acids is 1. The molecule has 1 aliphatic heterocycles. The third-order valence-corrected chi connectivity index (χ3v) is 8.76. The Bertz CT molecular complexity index is 1220. The van der Waals surface area contributed by atoms with E-state index in [1.54, 1.807) is 11.8 Å². The summed E-state index contributed by atoms with van der Waals surface area (Å²) in [6.45, 7) is 4.27. The quantitative estimate of drug-likeness (QED) is 0.393. The lowest BCUT2D eigenvalue weighted by Crippen LogP contribution is -2.35. The molecule has 33 heavy (non-hydrogen) atoms. The molecule has 0 saturated carbocycles. The van der Waals surface area contributed by atoms with Gasteiger partial charge in [-0.05, 0) is 67.5 Å². The van der Waals surface area contributed by atoms with Crippen LogP contribution in [-0.4, -0.2) is 16.1 Å². The number of para-hydroxylation sites is 2. The molecule has 0 spiro atoms. The molecule has 1 amide bonds. The van der Waals surface area contributed by atoms with Crippen LogP contribution in [0.1, 0.15) is 43.5 Å². The highest BCUT2D eigenvalue weighted by atomic mass is 32.2. The highest BCUT2D eigenvalue weighted by molar-refractivity contribution is 8.00. The van der Waals surface area contributed by atoms with E-state index in [1.165, 1.54) is 17.3 Å². The number of amides is 1. The second kappa shape index (κ2) is 9.24. The van der Waals surface area contributed by atoms with Gasteiger partial charge in [0.1, 0.15) is 11.1 Å². The Morgan fingerprint density at radius 3 is 2.52 bits per heavy atom. The first-order valence-corrected chi connectivity index (χ1v) is 13.1. The SMILES string of the molecule is CCC(Sc1nc2c(cc1C#N)CC(C)CC2)C(=O)N1c2ccccc2Sc2ccccc21. The Labute approximate surface area is 203 Å². The third kappa shape index (κ3) is 4.16. The van der Waals surface area contributed by atoms with Crippen LogP contribution < -0.4 is 4.90 Å². The second-order valence-corrected chi connectivity index (χ2v) is 10.9. The number of aryl methyl sites for hydroxylation is 1. The van der Waals surface area contributed by atoms with Crippen LogP contribution in [0, 0.1) is 17.2 Å². The lowest BCUT2D eigenvalue weighted by molar-refractivity contribution is -0.117. The molecular weight excluding hydrogens is 446 g/mol. The van der Waals surface area contributed by atoms with Gasteiger partial charge in [0.25, 0.3) is 0 Å². The summed E-state index contributed by atoms with van der Waals surface area (Å²) >= 11 is 3.13. The van der Waals surface area contributed by atoms with E-state index in [0.29, 0.717) is 22.9 Å². The number of hydrogen-bond acceptors (Lipinski definition) is 5. The van der Waals surface area contributed by atoms with Gasteiger partial charge < -0.3 is 0 Å². The van der Waals surface area contributed by atoms with E-state index in [9.17, 15) is 10.1 Å². The summed E-state index contributed by atoms with van der Waals surface area (Å²) in [4.78, 5) is 22.9. The first-order chi connectivity index (χ1) is 16.1. The zero-order chi connectivity index (χ0) is 22.9. The van der Waals surface area contributed by atoms with Gasteiger partial charge in [0, 0.05) is 15.5 Å². The summed E-state index contributed by atoms with van der Waals surface area (Å²) in [5.74, 6) is 0.645. The van der Waals surface area contributed by atoms with E-state index in [-0.39, 0.29) is 11.2 Å². The van der Waals surface area contributed by atoms with E-state index in [0.717, 1.165) is 46.1 Å². The van der Waals surface area contributed by atoms with Gasteiger partial charge in [0.2, 0.25) is 5.91 Å². The zero-order valence-corrected chi connectivity index (χ0v) is 20.4. The second-order valence-electron chi connectivity index (χ2n) is 8.63. The van der Waals surface area contributed by atoms with Crippen LogP contribution in [0.4, 0.5) is 11.4 Å². The normalized spacial score (nSPS) is 17.4. The molecule has 166 valence electrons. The van der Waals surface area contributed by atoms with Crippen LogP contribution in [0.5, 0.6) is 0 Å². The summed E-state index contributed by atoms with van der Waals surface area (Å²) in [6, 6.07) is 20.4. The van der Waals surface area contributed by atoms with Crippen molar-refractivity contribution < 1.29 is 4.79 Å². The standard InChI is InChI=1S/C27H25N3OS2/c1-3-23(33-26-19(16-28)15-18-14-17(2)12-13-20(18)29-26)27(31)30-21-8-4-6-10-24(21)32-25-11-7-5-9-22(25)30/h4-11,15,17,23H,3,12-14H2,1-2H3. The van der Waals surface area contributed by atoms with Gasteiger partial charge in [-0.15, -0.1) is 0 Å². The summed E-state index contributed by atoms with van der Waals surface area (Å²) in [6.07, 6.45) is 3.67. The fraction of sp³-hybridized carbons (Fsp3) is 0.296. The molecule has 0 bridgehead atoms. The first kappa shape index (κ1) is 22.1. The fourth-order valence-electron chi connectivity index (χ4n) is 4.53. The lowest BCUT2D eigenvalue weighted by atomic mass is 9.87. The molecular formula is C27H25N3OS2. The maximum absolute atomic E-state index is 14.0. The van der Waals surface area contributed by atoms with Gasteiger partial charge in [-0.25, -0.2) is 4.98 Å². The molecule has 2 heterocycles. The number of benzene rings is 2. The topological polar surface area (TPSA) is 57.0 Å². The number of carbonyl (C=O) groups is 1. The van der Waals surface area contributed by atoms with Crippen molar-refractivity contribution in [1.82, 2.24) is 4.98 Å². The Morgan fingerprint density at radius 1 is 1.21 bits per heavy atom. The maximum Gasteiger partial charge on any atom is 0.245 e. The van der Waals surface area contributed by atoms with E-state index < -0.39 is 0 Å². The van der Waals surface area contributed by atoms with Crippen molar-refractivity contribution in [3.63, 3.8) is 0 Å². The van der Waals surface area contributed by atoms with Crippen molar-refractivity contribution in [3.05, 3.63) is 71.4 Å². The molecule has 3 aromatic rings. The van der Waals surface area contributed by atoms with E-state index >= 15 is 0 Å². The van der Waals surface area contributed by atoms with Gasteiger partial charge in [0.15, 0.2) is 0 Å². The van der Waals surface area contributed by atoms with Crippen LogP contribution in [0.15, 0.2) is 69.4 Å². The molecule has 0 N–H and O–H groups in total. The van der Waals surface area contributed by atoms with Gasteiger partial charge in [-0.2, -0.15) is 5.26 Å². The number of nitriles is 1. The number of pyridine rings is 1. The first-order valence-electron chi connectivity index (χ1n) is 11.4. The molecule has 2 atom stereocenters. The molecule has 2 unspecified atom stereocenters. The minimum absolute atomic E-state index is 0.0275.